The van der Waals surface area contributed by atoms with Crippen LogP contribution in [0, 0.1) is 11.3 Å². The maximum Gasteiger partial charge on any atom is 0.0208 e. The van der Waals surface area contributed by atoms with Crippen LogP contribution in [-0.2, 0) is 6.54 Å². The largest absolute Gasteiger partial charge is 0.310 e. The first-order chi connectivity index (χ1) is 8.07. The number of hydrogen-bond acceptors (Lipinski definition) is 1. The normalized spacial score (nSPS) is 27.9. The lowest BCUT2D eigenvalue weighted by Gasteiger charge is -2.40. The average Bonchev–Trinajstić information content (AvgIpc) is 2.32. The smallest absolute Gasteiger partial charge is 0.0208 e. The van der Waals surface area contributed by atoms with Crippen molar-refractivity contribution in [2.75, 3.05) is 0 Å². The summed E-state index contributed by atoms with van der Waals surface area (Å²) in [6.45, 7) is 8.19. The Morgan fingerprint density at radius 3 is 2.65 bits per heavy atom. The van der Waals surface area contributed by atoms with E-state index in [1.54, 1.807) is 0 Å². The molecule has 17 heavy (non-hydrogen) atoms. The number of hydrogen-bond donors (Lipinski definition) is 1. The Morgan fingerprint density at radius 1 is 1.24 bits per heavy atom. The van der Waals surface area contributed by atoms with Crippen molar-refractivity contribution in [1.82, 2.24) is 5.32 Å². The van der Waals surface area contributed by atoms with E-state index in [0.717, 1.165) is 12.5 Å². The first kappa shape index (κ1) is 12.6. The first-order valence-corrected chi connectivity index (χ1v) is 6.84. The second kappa shape index (κ2) is 5.22. The van der Waals surface area contributed by atoms with Gasteiger partial charge in [0.1, 0.15) is 0 Å². The summed E-state index contributed by atoms with van der Waals surface area (Å²) >= 11 is 0. The van der Waals surface area contributed by atoms with Crippen LogP contribution in [0.25, 0.3) is 0 Å². The molecule has 1 nitrogen and oxygen atoms in total. The van der Waals surface area contributed by atoms with E-state index in [1.807, 2.05) is 0 Å². The lowest BCUT2D eigenvalue weighted by atomic mass is 9.71. The van der Waals surface area contributed by atoms with Gasteiger partial charge >= 0.3 is 0 Å². The van der Waals surface area contributed by atoms with Gasteiger partial charge < -0.3 is 5.32 Å². The molecule has 2 rings (SSSR count). The highest BCUT2D eigenvalue weighted by atomic mass is 14.9. The van der Waals surface area contributed by atoms with Gasteiger partial charge in [0, 0.05) is 12.6 Å². The van der Waals surface area contributed by atoms with Crippen molar-refractivity contribution in [2.24, 2.45) is 11.3 Å². The van der Waals surface area contributed by atoms with Gasteiger partial charge in [-0.1, -0.05) is 51.1 Å². The molecule has 0 heterocycles. The molecule has 0 aromatic heterocycles. The Labute approximate surface area is 106 Å². The van der Waals surface area contributed by atoms with Crippen LogP contribution in [0.1, 0.15) is 45.6 Å². The van der Waals surface area contributed by atoms with Gasteiger partial charge in [0.15, 0.2) is 0 Å². The van der Waals surface area contributed by atoms with Crippen molar-refractivity contribution >= 4 is 0 Å². The van der Waals surface area contributed by atoms with Crippen molar-refractivity contribution in [3.8, 4) is 0 Å². The molecule has 1 saturated carbocycles. The van der Waals surface area contributed by atoms with Gasteiger partial charge in [0.25, 0.3) is 0 Å². The molecule has 0 aliphatic heterocycles. The highest BCUT2D eigenvalue weighted by molar-refractivity contribution is 5.14. The summed E-state index contributed by atoms with van der Waals surface area (Å²) in [5.41, 5.74) is 1.91. The maximum absolute atomic E-state index is 3.74. The highest BCUT2D eigenvalue weighted by Gasteiger charge is 2.32. The van der Waals surface area contributed by atoms with Gasteiger partial charge in [0.05, 0.1) is 0 Å². The summed E-state index contributed by atoms with van der Waals surface area (Å²) < 4.78 is 0. The van der Waals surface area contributed by atoms with Gasteiger partial charge in [-0.25, -0.2) is 0 Å². The quantitative estimate of drug-likeness (QED) is 0.829. The maximum atomic E-state index is 3.74. The van der Waals surface area contributed by atoms with E-state index in [0.29, 0.717) is 11.5 Å². The molecule has 94 valence electrons. The van der Waals surface area contributed by atoms with Crippen molar-refractivity contribution in [2.45, 2.75) is 52.6 Å². The molecule has 1 fully saturated rings. The lowest BCUT2D eigenvalue weighted by molar-refractivity contribution is 0.149. The molecule has 1 N–H and O–H groups in total. The second-order valence-corrected chi connectivity index (χ2v) is 6.36. The fraction of sp³-hybridized carbons (Fsp3) is 0.625. The molecule has 1 aromatic rings. The zero-order valence-corrected chi connectivity index (χ0v) is 11.4. The molecular weight excluding hydrogens is 206 g/mol. The lowest BCUT2D eigenvalue weighted by Crippen LogP contribution is -2.42. The Morgan fingerprint density at radius 2 is 1.94 bits per heavy atom. The number of nitrogens with one attached hydrogen (secondary N) is 1. The zero-order valence-electron chi connectivity index (χ0n) is 11.4. The molecule has 0 amide bonds. The predicted octanol–water partition coefficient (Wildman–Crippen LogP) is 3.99. The molecule has 1 aliphatic carbocycles. The van der Waals surface area contributed by atoms with Crippen molar-refractivity contribution in [3.63, 3.8) is 0 Å². The number of rotatable bonds is 3. The fourth-order valence-electron chi connectivity index (χ4n) is 2.84. The SMILES string of the molecule is CC1CCC(C)(C)CC1NCc1ccccc1. The molecule has 1 heteroatoms. The third-order valence-corrected chi connectivity index (χ3v) is 4.15. The van der Waals surface area contributed by atoms with E-state index in [1.165, 1.54) is 24.8 Å². The van der Waals surface area contributed by atoms with E-state index in [2.05, 4.69) is 56.4 Å². The minimum atomic E-state index is 0.515. The number of benzene rings is 1. The molecule has 0 radical (unpaired) electrons. The topological polar surface area (TPSA) is 12.0 Å². The Bertz CT molecular complexity index is 342. The standard InChI is InChI=1S/C16H25N/c1-13-9-10-16(2,3)11-15(13)17-12-14-7-5-4-6-8-14/h4-8,13,15,17H,9-12H2,1-3H3. The van der Waals surface area contributed by atoms with Gasteiger partial charge in [-0.3, -0.25) is 0 Å². The van der Waals surface area contributed by atoms with Crippen LogP contribution >= 0.6 is 0 Å². The molecule has 1 aliphatic rings. The van der Waals surface area contributed by atoms with Gasteiger partial charge in [-0.2, -0.15) is 0 Å². The molecule has 0 spiro atoms. The summed E-state index contributed by atoms with van der Waals surface area (Å²) in [6.07, 6.45) is 4.04. The molecule has 0 bridgehead atoms. The van der Waals surface area contributed by atoms with Crippen molar-refractivity contribution in [1.29, 1.82) is 0 Å². The van der Waals surface area contributed by atoms with E-state index in [-0.39, 0.29) is 0 Å². The minimum Gasteiger partial charge on any atom is -0.310 e. The molecule has 2 unspecified atom stereocenters. The predicted molar refractivity (Wildman–Crippen MR) is 73.9 cm³/mol. The Hall–Kier alpha value is -0.820. The molecule has 1 aromatic carbocycles. The summed E-state index contributed by atoms with van der Waals surface area (Å²) in [6, 6.07) is 11.4. The summed E-state index contributed by atoms with van der Waals surface area (Å²) in [7, 11) is 0. The summed E-state index contributed by atoms with van der Waals surface area (Å²) in [4.78, 5) is 0. The molecule has 2 atom stereocenters. The van der Waals surface area contributed by atoms with Crippen LogP contribution in [-0.4, -0.2) is 6.04 Å². The van der Waals surface area contributed by atoms with Crippen LogP contribution in [0.5, 0.6) is 0 Å². The van der Waals surface area contributed by atoms with E-state index < -0.39 is 0 Å². The molecule has 0 saturated heterocycles. The third-order valence-electron chi connectivity index (χ3n) is 4.15. The summed E-state index contributed by atoms with van der Waals surface area (Å²) in [5, 5.41) is 3.74. The zero-order chi connectivity index (χ0) is 12.3. The van der Waals surface area contributed by atoms with Gasteiger partial charge in [-0.15, -0.1) is 0 Å². The first-order valence-electron chi connectivity index (χ1n) is 6.84. The second-order valence-electron chi connectivity index (χ2n) is 6.36. The van der Waals surface area contributed by atoms with Crippen LogP contribution in [0.3, 0.4) is 0 Å². The van der Waals surface area contributed by atoms with Crippen LogP contribution in [0.15, 0.2) is 30.3 Å². The van der Waals surface area contributed by atoms with E-state index in [4.69, 9.17) is 0 Å². The van der Waals surface area contributed by atoms with E-state index >= 15 is 0 Å². The van der Waals surface area contributed by atoms with Gasteiger partial charge in [-0.05, 0) is 36.2 Å². The van der Waals surface area contributed by atoms with Crippen molar-refractivity contribution in [3.05, 3.63) is 35.9 Å². The highest BCUT2D eigenvalue weighted by Crippen LogP contribution is 2.38. The van der Waals surface area contributed by atoms with Crippen LogP contribution in [0.2, 0.25) is 0 Å². The van der Waals surface area contributed by atoms with Crippen LogP contribution in [0.4, 0.5) is 0 Å². The van der Waals surface area contributed by atoms with E-state index in [9.17, 15) is 0 Å². The Kier molecular flexibility index (Phi) is 3.88. The van der Waals surface area contributed by atoms with Crippen LogP contribution < -0.4 is 5.32 Å². The fourth-order valence-corrected chi connectivity index (χ4v) is 2.84. The third kappa shape index (κ3) is 3.57. The monoisotopic (exact) mass is 231 g/mol. The average molecular weight is 231 g/mol. The van der Waals surface area contributed by atoms with Crippen molar-refractivity contribution < 1.29 is 0 Å². The van der Waals surface area contributed by atoms with Gasteiger partial charge in [0.2, 0.25) is 0 Å². The summed E-state index contributed by atoms with van der Waals surface area (Å²) in [5.74, 6) is 0.812. The molecular formula is C16H25N. The Balaban J connectivity index is 1.89. The minimum absolute atomic E-state index is 0.515.